The third kappa shape index (κ3) is 3.87. The normalized spacial score (nSPS) is 18.5. The van der Waals surface area contributed by atoms with Gasteiger partial charge in [0.2, 0.25) is 0 Å². The number of hydrogen-bond donors (Lipinski definition) is 1. The van der Waals surface area contributed by atoms with Crippen LogP contribution in [0.5, 0.6) is 5.75 Å². The first-order valence-corrected chi connectivity index (χ1v) is 10.6. The number of carbonyl (C=O) groups is 1. The van der Waals surface area contributed by atoms with Gasteiger partial charge >= 0.3 is 0 Å². The minimum Gasteiger partial charge on any atom is -0.494 e. The summed E-state index contributed by atoms with van der Waals surface area (Å²) in [6, 6.07) is 16.0. The number of fused-ring (bicyclic) bond motifs is 1. The molecule has 28 heavy (non-hydrogen) atoms. The second kappa shape index (κ2) is 9.13. The predicted molar refractivity (Wildman–Crippen MR) is 115 cm³/mol. The zero-order chi connectivity index (χ0) is 20.0. The van der Waals surface area contributed by atoms with Crippen LogP contribution in [0.1, 0.15) is 68.8 Å². The molecule has 1 N–H and O–H groups in total. The topological polar surface area (TPSA) is 41.6 Å². The standard InChI is InChI=1S/C24H32N2O2/c1-4-7-10-18-28-20-15-13-19(14-16-20)24(6-3)25-22-12-9-8-11-21(22)23(27)26(24)17-5-2/h8-9,11-16,25H,4-7,10,17-18H2,1-3H3. The molecule has 0 radical (unpaired) electrons. The van der Waals surface area contributed by atoms with E-state index in [0.717, 1.165) is 48.4 Å². The van der Waals surface area contributed by atoms with Gasteiger partial charge in [-0.25, -0.2) is 0 Å². The lowest BCUT2D eigenvalue weighted by atomic mass is 9.89. The van der Waals surface area contributed by atoms with E-state index in [0.29, 0.717) is 6.54 Å². The van der Waals surface area contributed by atoms with Crippen LogP contribution in [0.25, 0.3) is 0 Å². The van der Waals surface area contributed by atoms with Crippen molar-refractivity contribution >= 4 is 11.6 Å². The van der Waals surface area contributed by atoms with Gasteiger partial charge in [-0.3, -0.25) is 4.79 Å². The molecule has 4 nitrogen and oxygen atoms in total. The molecule has 0 spiro atoms. The van der Waals surface area contributed by atoms with Crippen LogP contribution in [0.3, 0.4) is 0 Å². The molecule has 0 saturated heterocycles. The van der Waals surface area contributed by atoms with Crippen molar-refractivity contribution in [3.8, 4) is 5.75 Å². The highest BCUT2D eigenvalue weighted by atomic mass is 16.5. The highest BCUT2D eigenvalue weighted by Gasteiger charge is 2.44. The summed E-state index contributed by atoms with van der Waals surface area (Å²) >= 11 is 0. The number of ether oxygens (including phenoxy) is 1. The van der Waals surface area contributed by atoms with Gasteiger partial charge in [0.25, 0.3) is 5.91 Å². The molecule has 1 heterocycles. The van der Waals surface area contributed by atoms with Crippen LogP contribution < -0.4 is 10.1 Å². The SMILES string of the molecule is CCCCCOc1ccc(C2(CC)Nc3ccccc3C(=O)N2CCC)cc1. The predicted octanol–water partition coefficient (Wildman–Crippen LogP) is 5.80. The van der Waals surface area contributed by atoms with E-state index in [2.05, 4.69) is 38.2 Å². The summed E-state index contributed by atoms with van der Waals surface area (Å²) in [5, 5.41) is 3.69. The molecule has 2 aromatic carbocycles. The van der Waals surface area contributed by atoms with E-state index in [1.807, 2.05) is 41.3 Å². The van der Waals surface area contributed by atoms with Gasteiger partial charge in [-0.1, -0.05) is 57.9 Å². The fourth-order valence-corrected chi connectivity index (χ4v) is 3.98. The maximum Gasteiger partial charge on any atom is 0.258 e. The number of anilines is 1. The Kier molecular flexibility index (Phi) is 6.61. The summed E-state index contributed by atoms with van der Waals surface area (Å²) in [6.07, 6.45) is 5.15. The molecule has 0 saturated carbocycles. The highest BCUT2D eigenvalue weighted by molar-refractivity contribution is 6.02. The lowest BCUT2D eigenvalue weighted by Gasteiger charge is -2.48. The Balaban J connectivity index is 1.91. The van der Waals surface area contributed by atoms with Gasteiger partial charge in [-0.2, -0.15) is 0 Å². The van der Waals surface area contributed by atoms with Gasteiger partial charge in [0.1, 0.15) is 11.4 Å². The van der Waals surface area contributed by atoms with Gasteiger partial charge in [0.15, 0.2) is 0 Å². The van der Waals surface area contributed by atoms with Crippen LogP contribution in [0.4, 0.5) is 5.69 Å². The molecule has 1 unspecified atom stereocenters. The van der Waals surface area contributed by atoms with Crippen LogP contribution in [-0.4, -0.2) is 24.0 Å². The Morgan fingerprint density at radius 2 is 1.71 bits per heavy atom. The molecule has 0 aromatic heterocycles. The van der Waals surface area contributed by atoms with Gasteiger partial charge in [0, 0.05) is 12.2 Å². The van der Waals surface area contributed by atoms with Crippen molar-refractivity contribution in [3.63, 3.8) is 0 Å². The highest BCUT2D eigenvalue weighted by Crippen LogP contribution is 2.40. The molecule has 0 bridgehead atoms. The average molecular weight is 381 g/mol. The van der Waals surface area contributed by atoms with Crippen molar-refractivity contribution in [2.75, 3.05) is 18.5 Å². The number of rotatable bonds is 9. The summed E-state index contributed by atoms with van der Waals surface area (Å²) < 4.78 is 5.87. The molecule has 0 fully saturated rings. The third-order valence-electron chi connectivity index (χ3n) is 5.51. The van der Waals surface area contributed by atoms with Crippen LogP contribution in [0.2, 0.25) is 0 Å². The number of benzene rings is 2. The van der Waals surface area contributed by atoms with Crippen molar-refractivity contribution in [2.45, 2.75) is 58.5 Å². The van der Waals surface area contributed by atoms with E-state index in [9.17, 15) is 4.79 Å². The number of carbonyl (C=O) groups excluding carboxylic acids is 1. The first-order chi connectivity index (χ1) is 13.7. The minimum atomic E-state index is -0.539. The van der Waals surface area contributed by atoms with E-state index in [1.54, 1.807) is 0 Å². The monoisotopic (exact) mass is 380 g/mol. The molecule has 3 rings (SSSR count). The van der Waals surface area contributed by atoms with Crippen molar-refractivity contribution in [1.82, 2.24) is 4.90 Å². The third-order valence-corrected chi connectivity index (χ3v) is 5.51. The lowest BCUT2D eigenvalue weighted by molar-refractivity contribution is 0.0483. The second-order valence-corrected chi connectivity index (χ2v) is 7.42. The molecule has 2 aromatic rings. The van der Waals surface area contributed by atoms with Crippen LogP contribution in [0.15, 0.2) is 48.5 Å². The Labute approximate surface area is 168 Å². The Morgan fingerprint density at radius 1 is 0.964 bits per heavy atom. The number of amides is 1. The molecular formula is C24H32N2O2. The summed E-state index contributed by atoms with van der Waals surface area (Å²) in [7, 11) is 0. The number of para-hydroxylation sites is 1. The van der Waals surface area contributed by atoms with E-state index < -0.39 is 5.66 Å². The van der Waals surface area contributed by atoms with Crippen LogP contribution in [0, 0.1) is 0 Å². The van der Waals surface area contributed by atoms with Crippen molar-refractivity contribution in [1.29, 1.82) is 0 Å². The molecule has 1 atom stereocenters. The smallest absolute Gasteiger partial charge is 0.258 e. The summed E-state index contributed by atoms with van der Waals surface area (Å²) in [4.78, 5) is 15.3. The van der Waals surface area contributed by atoms with Crippen molar-refractivity contribution < 1.29 is 9.53 Å². The molecule has 1 amide bonds. The lowest BCUT2D eigenvalue weighted by Crippen LogP contribution is -2.57. The molecule has 1 aliphatic rings. The Morgan fingerprint density at radius 3 is 2.39 bits per heavy atom. The van der Waals surface area contributed by atoms with Gasteiger partial charge in [0.05, 0.1) is 12.2 Å². The van der Waals surface area contributed by atoms with Crippen molar-refractivity contribution in [2.24, 2.45) is 0 Å². The fraction of sp³-hybridized carbons (Fsp3) is 0.458. The molecule has 4 heteroatoms. The van der Waals surface area contributed by atoms with E-state index in [1.165, 1.54) is 12.8 Å². The van der Waals surface area contributed by atoms with Crippen LogP contribution in [-0.2, 0) is 5.66 Å². The Hall–Kier alpha value is -2.49. The summed E-state index contributed by atoms with van der Waals surface area (Å²) in [6.45, 7) is 7.90. The molecule has 1 aliphatic heterocycles. The number of nitrogens with one attached hydrogen (secondary N) is 1. The maximum atomic E-state index is 13.3. The van der Waals surface area contributed by atoms with Gasteiger partial charge in [-0.15, -0.1) is 0 Å². The van der Waals surface area contributed by atoms with Crippen molar-refractivity contribution in [3.05, 3.63) is 59.7 Å². The summed E-state index contributed by atoms with van der Waals surface area (Å²) in [5.74, 6) is 0.980. The zero-order valence-corrected chi connectivity index (χ0v) is 17.3. The fourth-order valence-electron chi connectivity index (χ4n) is 3.98. The number of nitrogens with zero attached hydrogens (tertiary/aromatic N) is 1. The van der Waals surface area contributed by atoms with Gasteiger partial charge in [-0.05, 0) is 49.1 Å². The first kappa shape index (κ1) is 20.2. The average Bonchev–Trinajstić information content (AvgIpc) is 2.74. The van der Waals surface area contributed by atoms with Crippen LogP contribution >= 0.6 is 0 Å². The zero-order valence-electron chi connectivity index (χ0n) is 17.3. The maximum absolute atomic E-state index is 13.3. The van der Waals surface area contributed by atoms with E-state index in [-0.39, 0.29) is 5.91 Å². The summed E-state index contributed by atoms with van der Waals surface area (Å²) in [5.41, 5.74) is 2.20. The molecule has 0 aliphatic carbocycles. The quantitative estimate of drug-likeness (QED) is 0.559. The minimum absolute atomic E-state index is 0.0953. The first-order valence-electron chi connectivity index (χ1n) is 10.6. The molecular weight excluding hydrogens is 348 g/mol. The van der Waals surface area contributed by atoms with Gasteiger partial charge < -0.3 is 15.0 Å². The second-order valence-electron chi connectivity index (χ2n) is 7.42. The number of hydrogen-bond acceptors (Lipinski definition) is 3. The Bertz CT molecular complexity index is 787. The molecule has 150 valence electrons. The number of unbranched alkanes of at least 4 members (excludes halogenated alkanes) is 2. The largest absolute Gasteiger partial charge is 0.494 e. The van der Waals surface area contributed by atoms with E-state index >= 15 is 0 Å². The van der Waals surface area contributed by atoms with E-state index in [4.69, 9.17) is 4.74 Å².